The van der Waals surface area contributed by atoms with E-state index in [0.717, 1.165) is 22.5 Å². The molecule has 0 aliphatic heterocycles. The highest BCUT2D eigenvalue weighted by atomic mass is 15.0. The minimum absolute atomic E-state index is 0.959. The topological polar surface area (TPSA) is 17.3 Å². The maximum Gasteiger partial charge on any atom is 0.138 e. The molecular weight excluding hydrogens is 292 g/mol. The molecule has 116 valence electrons. The molecule has 4 aromatic rings. The van der Waals surface area contributed by atoms with E-state index in [-0.39, 0.29) is 0 Å². The predicted octanol–water partition coefficient (Wildman–Crippen LogP) is 5.48. The Kier molecular flexibility index (Phi) is 3.72. The van der Waals surface area contributed by atoms with Crippen LogP contribution in [0.5, 0.6) is 0 Å². The van der Waals surface area contributed by atoms with E-state index in [9.17, 15) is 0 Å². The fourth-order valence-corrected chi connectivity index (χ4v) is 2.82. The summed E-state index contributed by atoms with van der Waals surface area (Å²) < 4.78 is 2.06. The Morgan fingerprint density at radius 1 is 0.833 bits per heavy atom. The van der Waals surface area contributed by atoms with Crippen LogP contribution in [0.1, 0.15) is 16.7 Å². The van der Waals surface area contributed by atoms with E-state index in [4.69, 9.17) is 4.98 Å². The van der Waals surface area contributed by atoms with Gasteiger partial charge in [-0.15, -0.1) is 0 Å². The summed E-state index contributed by atoms with van der Waals surface area (Å²) >= 11 is 0. The van der Waals surface area contributed by atoms with Gasteiger partial charge in [-0.05, 0) is 30.2 Å². The molecule has 0 atom stereocenters. The number of rotatable bonds is 3. The van der Waals surface area contributed by atoms with Crippen molar-refractivity contribution < 1.29 is 0 Å². The standard InChI is InChI=1S/C22H18N2/c1-17-6-5-7-18(14-17)10-11-19-12-13-24-16-21(23-22(24)15-19)20-8-3-2-4-9-20/h2-16H,1H3. The number of hydrogen-bond donors (Lipinski definition) is 0. The normalized spacial score (nSPS) is 11.4. The number of fused-ring (bicyclic) bond motifs is 1. The highest BCUT2D eigenvalue weighted by Gasteiger charge is 2.03. The van der Waals surface area contributed by atoms with Gasteiger partial charge in [0.15, 0.2) is 0 Å². The van der Waals surface area contributed by atoms with Crippen LogP contribution in [0.2, 0.25) is 0 Å². The molecule has 0 radical (unpaired) electrons. The Morgan fingerprint density at radius 2 is 1.62 bits per heavy atom. The highest BCUT2D eigenvalue weighted by Crippen LogP contribution is 2.20. The largest absolute Gasteiger partial charge is 0.306 e. The van der Waals surface area contributed by atoms with Crippen molar-refractivity contribution in [2.24, 2.45) is 0 Å². The van der Waals surface area contributed by atoms with Crippen LogP contribution in [-0.2, 0) is 0 Å². The number of nitrogens with zero attached hydrogens (tertiary/aromatic N) is 2. The zero-order valence-corrected chi connectivity index (χ0v) is 13.6. The Hall–Kier alpha value is -3.13. The van der Waals surface area contributed by atoms with Crippen molar-refractivity contribution >= 4 is 17.8 Å². The van der Waals surface area contributed by atoms with Crippen LogP contribution in [-0.4, -0.2) is 9.38 Å². The first-order valence-corrected chi connectivity index (χ1v) is 8.07. The molecule has 0 N–H and O–H groups in total. The molecule has 0 spiro atoms. The molecular formula is C22H18N2. The van der Waals surface area contributed by atoms with Gasteiger partial charge in [-0.1, -0.05) is 72.3 Å². The molecule has 0 aliphatic carbocycles. The molecule has 24 heavy (non-hydrogen) atoms. The van der Waals surface area contributed by atoms with E-state index < -0.39 is 0 Å². The summed E-state index contributed by atoms with van der Waals surface area (Å²) in [7, 11) is 0. The third-order valence-electron chi connectivity index (χ3n) is 4.06. The monoisotopic (exact) mass is 310 g/mol. The quantitative estimate of drug-likeness (QED) is 0.490. The third-order valence-corrected chi connectivity index (χ3v) is 4.06. The van der Waals surface area contributed by atoms with Gasteiger partial charge in [0.25, 0.3) is 0 Å². The van der Waals surface area contributed by atoms with Crippen molar-refractivity contribution in [3.8, 4) is 11.3 Å². The number of aryl methyl sites for hydroxylation is 1. The van der Waals surface area contributed by atoms with Gasteiger partial charge in [0.1, 0.15) is 5.65 Å². The van der Waals surface area contributed by atoms with E-state index >= 15 is 0 Å². The summed E-state index contributed by atoms with van der Waals surface area (Å²) in [6.07, 6.45) is 8.40. The van der Waals surface area contributed by atoms with E-state index in [1.165, 1.54) is 11.1 Å². The van der Waals surface area contributed by atoms with E-state index in [1.54, 1.807) is 0 Å². The average Bonchev–Trinajstić information content (AvgIpc) is 3.04. The molecule has 0 aliphatic rings. The molecule has 4 rings (SSSR count). The molecule has 0 fully saturated rings. The Balaban J connectivity index is 1.66. The van der Waals surface area contributed by atoms with Crippen molar-refractivity contribution in [3.05, 3.63) is 95.8 Å². The summed E-state index contributed by atoms with van der Waals surface area (Å²) in [6, 6.07) is 23.0. The fraction of sp³-hybridized carbons (Fsp3) is 0.0455. The summed E-state index contributed by atoms with van der Waals surface area (Å²) in [5, 5.41) is 0. The SMILES string of the molecule is Cc1cccc(C=Cc2ccn3cc(-c4ccccc4)nc3c2)c1. The van der Waals surface area contributed by atoms with E-state index in [2.05, 4.69) is 84.4 Å². The van der Waals surface area contributed by atoms with Gasteiger partial charge in [-0.2, -0.15) is 0 Å². The molecule has 2 aromatic heterocycles. The number of imidazole rings is 1. The Labute approximate surface area is 141 Å². The van der Waals surface area contributed by atoms with Gasteiger partial charge < -0.3 is 4.40 Å². The molecule has 2 heteroatoms. The third kappa shape index (κ3) is 2.99. The lowest BCUT2D eigenvalue weighted by Gasteiger charge is -1.97. The summed E-state index contributed by atoms with van der Waals surface area (Å²) in [5.41, 5.74) is 6.72. The summed E-state index contributed by atoms with van der Waals surface area (Å²) in [4.78, 5) is 4.74. The second kappa shape index (κ2) is 6.17. The first kappa shape index (κ1) is 14.5. The van der Waals surface area contributed by atoms with Gasteiger partial charge in [0.2, 0.25) is 0 Å². The van der Waals surface area contributed by atoms with E-state index in [0.29, 0.717) is 0 Å². The first-order chi connectivity index (χ1) is 11.8. The Morgan fingerprint density at radius 3 is 2.42 bits per heavy atom. The van der Waals surface area contributed by atoms with Gasteiger partial charge in [-0.3, -0.25) is 0 Å². The number of pyridine rings is 1. The second-order valence-electron chi connectivity index (χ2n) is 5.97. The second-order valence-corrected chi connectivity index (χ2v) is 5.97. The zero-order valence-electron chi connectivity index (χ0n) is 13.6. The first-order valence-electron chi connectivity index (χ1n) is 8.07. The molecule has 0 saturated heterocycles. The predicted molar refractivity (Wildman–Crippen MR) is 101 cm³/mol. The van der Waals surface area contributed by atoms with Crippen molar-refractivity contribution in [2.45, 2.75) is 6.92 Å². The maximum absolute atomic E-state index is 4.74. The number of benzene rings is 2. The molecule has 0 unspecified atom stereocenters. The van der Waals surface area contributed by atoms with Crippen molar-refractivity contribution in [2.75, 3.05) is 0 Å². The van der Waals surface area contributed by atoms with Gasteiger partial charge in [0.05, 0.1) is 5.69 Å². The van der Waals surface area contributed by atoms with Crippen molar-refractivity contribution in [1.29, 1.82) is 0 Å². The Bertz CT molecular complexity index is 1010. The smallest absolute Gasteiger partial charge is 0.138 e. The van der Waals surface area contributed by atoms with Crippen molar-refractivity contribution in [1.82, 2.24) is 9.38 Å². The lowest BCUT2D eigenvalue weighted by Crippen LogP contribution is -1.83. The molecule has 2 nitrogen and oxygen atoms in total. The molecule has 0 amide bonds. The van der Waals surface area contributed by atoms with Crippen LogP contribution < -0.4 is 0 Å². The van der Waals surface area contributed by atoms with Gasteiger partial charge in [-0.25, -0.2) is 4.98 Å². The molecule has 0 bridgehead atoms. The fourth-order valence-electron chi connectivity index (χ4n) is 2.82. The number of hydrogen-bond acceptors (Lipinski definition) is 1. The number of aromatic nitrogens is 2. The van der Waals surface area contributed by atoms with Crippen LogP contribution in [0.3, 0.4) is 0 Å². The minimum atomic E-state index is 0.959. The van der Waals surface area contributed by atoms with Gasteiger partial charge >= 0.3 is 0 Å². The summed E-state index contributed by atoms with van der Waals surface area (Å²) in [5.74, 6) is 0. The molecule has 2 heterocycles. The van der Waals surface area contributed by atoms with Crippen LogP contribution >= 0.6 is 0 Å². The average molecular weight is 310 g/mol. The van der Waals surface area contributed by atoms with Crippen LogP contribution in [0.4, 0.5) is 0 Å². The lowest BCUT2D eigenvalue weighted by atomic mass is 10.1. The maximum atomic E-state index is 4.74. The van der Waals surface area contributed by atoms with Crippen molar-refractivity contribution in [3.63, 3.8) is 0 Å². The zero-order chi connectivity index (χ0) is 16.4. The van der Waals surface area contributed by atoms with Crippen LogP contribution in [0, 0.1) is 6.92 Å². The highest BCUT2D eigenvalue weighted by molar-refractivity contribution is 5.72. The van der Waals surface area contributed by atoms with Crippen LogP contribution in [0.25, 0.3) is 29.1 Å². The molecule has 0 saturated carbocycles. The summed E-state index contributed by atoms with van der Waals surface area (Å²) in [6.45, 7) is 2.11. The van der Waals surface area contributed by atoms with Crippen LogP contribution in [0.15, 0.2) is 79.1 Å². The minimum Gasteiger partial charge on any atom is -0.306 e. The lowest BCUT2D eigenvalue weighted by molar-refractivity contribution is 1.18. The molecule has 2 aromatic carbocycles. The van der Waals surface area contributed by atoms with Gasteiger partial charge in [0, 0.05) is 18.0 Å². The van der Waals surface area contributed by atoms with E-state index in [1.807, 2.05) is 18.2 Å².